The molecule has 1 aromatic rings. The fourth-order valence-corrected chi connectivity index (χ4v) is 6.28. The maximum absolute atomic E-state index is 14.0. The van der Waals surface area contributed by atoms with Gasteiger partial charge in [-0.05, 0) is 81.4 Å². The molecule has 3 N–H and O–H groups in total. The minimum Gasteiger partial charge on any atom is -0.449 e. The van der Waals surface area contributed by atoms with Crippen LogP contribution < -0.4 is 10.5 Å². The second-order valence-electron chi connectivity index (χ2n) is 8.92. The lowest BCUT2D eigenvalue weighted by Gasteiger charge is -2.57. The molecule has 158 valence electrons. The molecule has 4 aliphatic carbocycles. The average Bonchev–Trinajstić information content (AvgIpc) is 2.59. The van der Waals surface area contributed by atoms with Gasteiger partial charge < -0.3 is 10.1 Å². The van der Waals surface area contributed by atoms with Crippen molar-refractivity contribution in [2.45, 2.75) is 62.0 Å². The smallest absolute Gasteiger partial charge is 0.341 e. The van der Waals surface area contributed by atoms with Gasteiger partial charge in [-0.15, -0.1) is 0 Å². The normalized spacial score (nSPS) is 31.3. The van der Waals surface area contributed by atoms with Crippen molar-refractivity contribution in [3.8, 4) is 0 Å². The molecule has 4 saturated carbocycles. The summed E-state index contributed by atoms with van der Waals surface area (Å²) in [6.45, 7) is 1.43. The number of benzene rings is 1. The molecule has 4 fully saturated rings. The topological polar surface area (TPSA) is 116 Å². The number of carbonyl (C=O) groups is 2. The lowest BCUT2D eigenvalue weighted by Crippen LogP contribution is -2.61. The van der Waals surface area contributed by atoms with E-state index in [9.17, 15) is 22.4 Å². The summed E-state index contributed by atoms with van der Waals surface area (Å²) in [5.41, 5.74) is -0.809. The van der Waals surface area contributed by atoms with Crippen LogP contribution in [0.4, 0.5) is 4.39 Å². The van der Waals surface area contributed by atoms with Gasteiger partial charge in [0.25, 0.3) is 5.91 Å². The van der Waals surface area contributed by atoms with E-state index in [0.29, 0.717) is 17.8 Å². The maximum atomic E-state index is 14.0. The molecular weight excluding hydrogens is 399 g/mol. The number of carbonyl (C=O) groups excluding carboxylic acids is 2. The molecule has 4 bridgehead atoms. The Bertz CT molecular complexity index is 926. The fraction of sp³-hybridized carbons (Fsp3) is 0.600. The third kappa shape index (κ3) is 4.02. The lowest BCUT2D eigenvalue weighted by molar-refractivity contribution is -0.134. The van der Waals surface area contributed by atoms with E-state index < -0.39 is 44.3 Å². The molecule has 0 radical (unpaired) electrons. The Hall–Kier alpha value is -2.00. The zero-order chi connectivity index (χ0) is 21.0. The van der Waals surface area contributed by atoms with Gasteiger partial charge in [0.1, 0.15) is 5.82 Å². The summed E-state index contributed by atoms with van der Waals surface area (Å²) in [4.78, 5) is 24.6. The van der Waals surface area contributed by atoms with Gasteiger partial charge in [-0.2, -0.15) is 0 Å². The summed E-state index contributed by atoms with van der Waals surface area (Å²) in [5, 5.41) is 8.13. The molecule has 0 spiro atoms. The Labute approximate surface area is 169 Å². The van der Waals surface area contributed by atoms with Crippen LogP contribution >= 0.6 is 0 Å². The highest BCUT2D eigenvalue weighted by atomic mass is 32.2. The summed E-state index contributed by atoms with van der Waals surface area (Å²) in [5.74, 6) is -0.529. The fourth-order valence-electron chi connectivity index (χ4n) is 5.74. The third-order valence-corrected chi connectivity index (χ3v) is 7.48. The van der Waals surface area contributed by atoms with Gasteiger partial charge in [-0.1, -0.05) is 0 Å². The van der Waals surface area contributed by atoms with Crippen LogP contribution in [0, 0.1) is 23.6 Å². The number of nitrogens with two attached hydrogens (primary N) is 1. The van der Waals surface area contributed by atoms with E-state index in [4.69, 9.17) is 9.88 Å². The summed E-state index contributed by atoms with van der Waals surface area (Å²) in [6.07, 6.45) is 5.44. The van der Waals surface area contributed by atoms with Gasteiger partial charge >= 0.3 is 5.97 Å². The number of amides is 1. The monoisotopic (exact) mass is 424 g/mol. The van der Waals surface area contributed by atoms with E-state index >= 15 is 0 Å². The zero-order valence-corrected chi connectivity index (χ0v) is 17.0. The first kappa shape index (κ1) is 20.3. The van der Waals surface area contributed by atoms with Crippen LogP contribution in [0.1, 0.15) is 55.8 Å². The molecule has 7 nitrogen and oxygen atoms in total. The zero-order valence-electron chi connectivity index (χ0n) is 16.2. The number of esters is 1. The van der Waals surface area contributed by atoms with Crippen LogP contribution in [0.15, 0.2) is 23.1 Å². The van der Waals surface area contributed by atoms with E-state index in [0.717, 1.165) is 37.5 Å². The van der Waals surface area contributed by atoms with E-state index in [1.807, 2.05) is 0 Å². The molecule has 29 heavy (non-hydrogen) atoms. The second-order valence-corrected chi connectivity index (χ2v) is 10.5. The predicted octanol–water partition coefficient (Wildman–Crippen LogP) is 2.10. The number of halogens is 1. The lowest BCUT2D eigenvalue weighted by atomic mass is 9.53. The van der Waals surface area contributed by atoms with Crippen molar-refractivity contribution in [1.29, 1.82) is 0 Å². The summed E-state index contributed by atoms with van der Waals surface area (Å²) in [7, 11) is -4.10. The Morgan fingerprint density at radius 2 is 1.72 bits per heavy atom. The number of rotatable bonds is 5. The van der Waals surface area contributed by atoms with Crippen molar-refractivity contribution in [2.75, 3.05) is 0 Å². The van der Waals surface area contributed by atoms with Gasteiger partial charge in [-0.3, -0.25) is 4.79 Å². The molecule has 4 aliphatic rings. The first-order valence-electron chi connectivity index (χ1n) is 9.90. The largest absolute Gasteiger partial charge is 0.449 e. The van der Waals surface area contributed by atoms with Crippen molar-refractivity contribution in [1.82, 2.24) is 5.32 Å². The van der Waals surface area contributed by atoms with Crippen molar-refractivity contribution >= 4 is 21.9 Å². The summed E-state index contributed by atoms with van der Waals surface area (Å²) in [6, 6.07) is 2.61. The highest BCUT2D eigenvalue weighted by Crippen LogP contribution is 2.55. The van der Waals surface area contributed by atoms with Crippen LogP contribution in [0.3, 0.4) is 0 Å². The highest BCUT2D eigenvalue weighted by molar-refractivity contribution is 7.89. The van der Waals surface area contributed by atoms with E-state index in [1.165, 1.54) is 26.2 Å². The number of nitrogens with one attached hydrogen (secondary N) is 1. The maximum Gasteiger partial charge on any atom is 0.341 e. The van der Waals surface area contributed by atoms with Gasteiger partial charge in [0.2, 0.25) is 10.0 Å². The number of ether oxygens (including phenoxy) is 1. The molecule has 9 heteroatoms. The van der Waals surface area contributed by atoms with Crippen LogP contribution in [-0.2, 0) is 19.6 Å². The first-order chi connectivity index (χ1) is 13.5. The average molecular weight is 424 g/mol. The Kier molecular flexibility index (Phi) is 4.93. The van der Waals surface area contributed by atoms with Crippen molar-refractivity contribution in [3.63, 3.8) is 0 Å². The molecule has 0 saturated heterocycles. The Morgan fingerprint density at radius 1 is 1.17 bits per heavy atom. The van der Waals surface area contributed by atoms with Crippen molar-refractivity contribution in [3.05, 3.63) is 29.6 Å². The molecule has 0 aliphatic heterocycles. The second kappa shape index (κ2) is 7.05. The molecule has 1 aromatic carbocycles. The van der Waals surface area contributed by atoms with Crippen LogP contribution in [0.2, 0.25) is 0 Å². The van der Waals surface area contributed by atoms with Crippen molar-refractivity contribution in [2.24, 2.45) is 22.9 Å². The Balaban J connectivity index is 1.44. The van der Waals surface area contributed by atoms with Crippen LogP contribution in [0.25, 0.3) is 0 Å². The third-order valence-electron chi connectivity index (χ3n) is 6.57. The van der Waals surface area contributed by atoms with Gasteiger partial charge in [0.15, 0.2) is 6.10 Å². The van der Waals surface area contributed by atoms with Gasteiger partial charge in [-0.25, -0.2) is 22.7 Å². The van der Waals surface area contributed by atoms with Crippen LogP contribution in [0.5, 0.6) is 0 Å². The minimum atomic E-state index is -4.10. The number of primary sulfonamides is 1. The standard InChI is InChI=1S/C20H25FN2O5S/c1-11(28-19(25)16-7-15(29(22,26)27)2-3-17(16)21)18(24)23-20-8-12-4-13(9-20)6-14(5-12)10-20/h2-3,7,11-14H,4-6,8-10H2,1H3,(H,23,24)(H2,22,26,27)/t11-,12?,13?,14?,20?/m1/s1. The number of hydrogen-bond donors (Lipinski definition) is 2. The molecule has 0 aromatic heterocycles. The molecule has 1 amide bonds. The SMILES string of the molecule is C[C@@H](OC(=O)c1cc(S(N)(=O)=O)ccc1F)C(=O)NC12CC3CC(CC(C3)C1)C2. The molecule has 5 rings (SSSR count). The minimum absolute atomic E-state index is 0.231. The summed E-state index contributed by atoms with van der Waals surface area (Å²) >= 11 is 0. The predicted molar refractivity (Wildman–Crippen MR) is 102 cm³/mol. The first-order valence-corrected chi connectivity index (χ1v) is 11.4. The number of sulfonamides is 1. The van der Waals surface area contributed by atoms with Crippen molar-refractivity contribution < 1.29 is 27.1 Å². The molecular formula is C20H25FN2O5S. The van der Waals surface area contributed by atoms with Gasteiger partial charge in [0, 0.05) is 5.54 Å². The van der Waals surface area contributed by atoms with E-state index in [1.54, 1.807) is 0 Å². The van der Waals surface area contributed by atoms with Crippen LogP contribution in [-0.4, -0.2) is 31.9 Å². The van der Waals surface area contributed by atoms with Gasteiger partial charge in [0.05, 0.1) is 10.5 Å². The van der Waals surface area contributed by atoms with E-state index in [2.05, 4.69) is 5.32 Å². The Morgan fingerprint density at radius 3 is 2.24 bits per heavy atom. The summed E-state index contributed by atoms with van der Waals surface area (Å²) < 4.78 is 42.0. The van der Waals surface area contributed by atoms with E-state index in [-0.39, 0.29) is 5.54 Å². The molecule has 1 atom stereocenters. The molecule has 0 heterocycles. The number of hydrogen-bond acceptors (Lipinski definition) is 5. The highest BCUT2D eigenvalue weighted by Gasteiger charge is 2.51. The molecule has 0 unspecified atom stereocenters. The quantitative estimate of drug-likeness (QED) is 0.703.